The summed E-state index contributed by atoms with van der Waals surface area (Å²) in [6.07, 6.45) is 0.685. The number of hydrogen-bond donors (Lipinski definition) is 2. The molecule has 0 bridgehead atoms. The molecule has 154 valence electrons. The van der Waals surface area contributed by atoms with Crippen LogP contribution in [0.15, 0.2) is 66.7 Å². The lowest BCUT2D eigenvalue weighted by atomic mass is 10.0. The minimum absolute atomic E-state index is 0.0120. The van der Waals surface area contributed by atoms with Crippen LogP contribution in [0.3, 0.4) is 0 Å². The van der Waals surface area contributed by atoms with Gasteiger partial charge in [-0.3, -0.25) is 5.41 Å². The van der Waals surface area contributed by atoms with Crippen LogP contribution in [0.5, 0.6) is 0 Å². The molecule has 4 nitrogen and oxygen atoms in total. The maximum absolute atomic E-state index is 10.2. The van der Waals surface area contributed by atoms with Crippen LogP contribution in [-0.4, -0.2) is 20.8 Å². The molecule has 0 saturated carbocycles. The molecule has 4 rings (SSSR count). The van der Waals surface area contributed by atoms with Gasteiger partial charge < -0.3 is 14.2 Å². The van der Waals surface area contributed by atoms with Crippen molar-refractivity contribution >= 4 is 11.0 Å². The van der Waals surface area contributed by atoms with Crippen LogP contribution >= 0.6 is 0 Å². The number of hydrogen-bond acceptors (Lipinski definition) is 2. The number of imidazole rings is 1. The van der Waals surface area contributed by atoms with Crippen LogP contribution in [0.25, 0.3) is 11.0 Å². The Bertz CT molecular complexity index is 1210. The van der Waals surface area contributed by atoms with Crippen LogP contribution in [0.1, 0.15) is 33.9 Å². The summed E-state index contributed by atoms with van der Waals surface area (Å²) < 4.78 is 4.04. The molecule has 0 saturated heterocycles. The third-order valence-electron chi connectivity index (χ3n) is 5.79. The second-order valence-corrected chi connectivity index (χ2v) is 8.28. The molecule has 0 spiro atoms. The predicted molar refractivity (Wildman–Crippen MR) is 122 cm³/mol. The van der Waals surface area contributed by atoms with Crippen LogP contribution in [0, 0.1) is 26.2 Å². The van der Waals surface area contributed by atoms with Gasteiger partial charge in [0.25, 0.3) is 0 Å². The summed E-state index contributed by atoms with van der Waals surface area (Å²) in [5.41, 5.74) is 8.38. The van der Waals surface area contributed by atoms with Crippen molar-refractivity contribution in [1.82, 2.24) is 9.13 Å². The number of fused-ring (bicyclic) bond motifs is 1. The Kier molecular flexibility index (Phi) is 5.60. The van der Waals surface area contributed by atoms with Crippen molar-refractivity contribution in [3.63, 3.8) is 0 Å². The maximum atomic E-state index is 10.2. The monoisotopic (exact) mass is 399 g/mol. The topological polar surface area (TPSA) is 53.9 Å². The van der Waals surface area contributed by atoms with Gasteiger partial charge >= 0.3 is 0 Å². The van der Waals surface area contributed by atoms with Gasteiger partial charge in [-0.2, -0.15) is 0 Å². The second kappa shape index (κ2) is 8.33. The smallest absolute Gasteiger partial charge is 0.203 e. The zero-order valence-electron chi connectivity index (χ0n) is 17.9. The van der Waals surface area contributed by atoms with E-state index in [9.17, 15) is 5.11 Å². The molecule has 1 heterocycles. The van der Waals surface area contributed by atoms with Gasteiger partial charge in [0.05, 0.1) is 30.2 Å². The lowest BCUT2D eigenvalue weighted by Crippen LogP contribution is -2.30. The van der Waals surface area contributed by atoms with Gasteiger partial charge in [-0.15, -0.1) is 0 Å². The van der Waals surface area contributed by atoms with E-state index in [1.807, 2.05) is 9.13 Å². The van der Waals surface area contributed by atoms with Crippen molar-refractivity contribution in [2.75, 3.05) is 6.61 Å². The molecule has 2 N–H and O–H groups in total. The summed E-state index contributed by atoms with van der Waals surface area (Å²) >= 11 is 0. The highest BCUT2D eigenvalue weighted by Crippen LogP contribution is 2.22. The highest BCUT2D eigenvalue weighted by atomic mass is 16.3. The molecule has 1 unspecified atom stereocenters. The van der Waals surface area contributed by atoms with E-state index in [0.717, 1.165) is 22.2 Å². The van der Waals surface area contributed by atoms with Gasteiger partial charge in [0.2, 0.25) is 5.62 Å². The Labute approximate surface area is 177 Å². The molecule has 0 aliphatic carbocycles. The molecule has 0 fully saturated rings. The van der Waals surface area contributed by atoms with Crippen molar-refractivity contribution in [3.8, 4) is 0 Å². The summed E-state index contributed by atoms with van der Waals surface area (Å²) in [5, 5.41) is 19.2. The average molecular weight is 400 g/mol. The number of aromatic nitrogens is 2. The SMILES string of the molecule is Cc1ccc(CC(CO)n2c(=N)n(Cc3ccc(C)cc3)c3cc(C)ccc32)cc1. The van der Waals surface area contributed by atoms with Gasteiger partial charge in [0, 0.05) is 0 Å². The molecule has 3 aromatic carbocycles. The van der Waals surface area contributed by atoms with Crippen molar-refractivity contribution < 1.29 is 5.11 Å². The molecule has 0 radical (unpaired) electrons. The number of nitrogens with one attached hydrogen (secondary N) is 1. The predicted octanol–water partition coefficient (Wildman–Crippen LogP) is 4.67. The zero-order valence-corrected chi connectivity index (χ0v) is 17.9. The lowest BCUT2D eigenvalue weighted by Gasteiger charge is -2.17. The molecule has 30 heavy (non-hydrogen) atoms. The van der Waals surface area contributed by atoms with Gasteiger partial charge in [-0.1, -0.05) is 65.7 Å². The Morgan fingerprint density at radius 3 is 1.93 bits per heavy atom. The molecule has 0 amide bonds. The third-order valence-corrected chi connectivity index (χ3v) is 5.79. The van der Waals surface area contributed by atoms with Crippen molar-refractivity contribution in [2.24, 2.45) is 0 Å². The molecule has 4 heteroatoms. The van der Waals surface area contributed by atoms with E-state index >= 15 is 0 Å². The minimum atomic E-state index is -0.190. The number of aliphatic hydroxyl groups is 1. The van der Waals surface area contributed by atoms with E-state index in [1.54, 1.807) is 0 Å². The van der Waals surface area contributed by atoms with Gasteiger partial charge in [-0.25, -0.2) is 0 Å². The Morgan fingerprint density at radius 1 is 0.767 bits per heavy atom. The fraction of sp³-hybridized carbons (Fsp3) is 0.269. The lowest BCUT2D eigenvalue weighted by molar-refractivity contribution is 0.225. The summed E-state index contributed by atoms with van der Waals surface area (Å²) in [4.78, 5) is 0. The Morgan fingerprint density at radius 2 is 1.33 bits per heavy atom. The number of aliphatic hydroxyl groups excluding tert-OH is 1. The first-order valence-corrected chi connectivity index (χ1v) is 10.4. The molecule has 1 aromatic heterocycles. The number of aryl methyl sites for hydroxylation is 3. The second-order valence-electron chi connectivity index (χ2n) is 8.28. The summed E-state index contributed by atoms with van der Waals surface area (Å²) in [5.74, 6) is 0. The molecule has 1 atom stereocenters. The molecular formula is C26H29N3O. The third kappa shape index (κ3) is 3.96. The molecule has 0 aliphatic heterocycles. The largest absolute Gasteiger partial charge is 0.394 e. The fourth-order valence-electron chi connectivity index (χ4n) is 4.05. The first-order valence-electron chi connectivity index (χ1n) is 10.4. The van der Waals surface area contributed by atoms with E-state index in [2.05, 4.69) is 87.5 Å². The van der Waals surface area contributed by atoms with Crippen molar-refractivity contribution in [1.29, 1.82) is 5.41 Å². The van der Waals surface area contributed by atoms with E-state index in [4.69, 9.17) is 5.41 Å². The van der Waals surface area contributed by atoms with Gasteiger partial charge in [0.15, 0.2) is 0 Å². The van der Waals surface area contributed by atoms with Crippen LogP contribution in [-0.2, 0) is 13.0 Å². The van der Waals surface area contributed by atoms with Crippen molar-refractivity contribution in [3.05, 3.63) is 100 Å². The number of rotatable bonds is 6. The first-order chi connectivity index (χ1) is 14.5. The van der Waals surface area contributed by atoms with Crippen molar-refractivity contribution in [2.45, 2.75) is 39.8 Å². The van der Waals surface area contributed by atoms with E-state index in [-0.39, 0.29) is 12.6 Å². The molecule has 0 aliphatic rings. The first kappa shape index (κ1) is 20.2. The minimum Gasteiger partial charge on any atom is -0.394 e. The van der Waals surface area contributed by atoms with Crippen LogP contribution < -0.4 is 5.62 Å². The maximum Gasteiger partial charge on any atom is 0.203 e. The standard InChI is InChI=1S/C26H29N3O/c1-18-4-9-21(10-5-18)15-23(17-30)29-24-13-8-20(3)14-25(24)28(26(29)27)16-22-11-6-19(2)7-12-22/h4-14,23,27,30H,15-17H2,1-3H3. The average Bonchev–Trinajstić information content (AvgIpc) is 3.00. The highest BCUT2D eigenvalue weighted by Gasteiger charge is 2.19. The summed E-state index contributed by atoms with van der Waals surface area (Å²) in [6.45, 7) is 6.85. The van der Waals surface area contributed by atoms with Crippen LogP contribution in [0.2, 0.25) is 0 Å². The highest BCUT2D eigenvalue weighted by molar-refractivity contribution is 5.77. The Hall–Kier alpha value is -3.11. The van der Waals surface area contributed by atoms with Gasteiger partial charge in [-0.05, 0) is 56.0 Å². The van der Waals surface area contributed by atoms with E-state index in [1.165, 1.54) is 16.7 Å². The Balaban J connectivity index is 1.80. The van der Waals surface area contributed by atoms with Gasteiger partial charge in [0.1, 0.15) is 0 Å². The summed E-state index contributed by atoms with van der Waals surface area (Å²) in [7, 11) is 0. The summed E-state index contributed by atoms with van der Waals surface area (Å²) in [6, 6.07) is 23.0. The normalized spacial score (nSPS) is 12.4. The molecule has 4 aromatic rings. The number of nitrogens with zero attached hydrogens (tertiary/aromatic N) is 2. The quantitative estimate of drug-likeness (QED) is 0.486. The van der Waals surface area contributed by atoms with E-state index < -0.39 is 0 Å². The number of benzene rings is 3. The zero-order chi connectivity index (χ0) is 21.3. The van der Waals surface area contributed by atoms with Crippen LogP contribution in [0.4, 0.5) is 0 Å². The van der Waals surface area contributed by atoms with E-state index in [0.29, 0.717) is 18.6 Å². The fourth-order valence-corrected chi connectivity index (χ4v) is 4.05. The molecular weight excluding hydrogens is 370 g/mol.